The average molecular weight is 455 g/mol. The number of piperazine rings is 1. The van der Waals surface area contributed by atoms with Gasteiger partial charge in [-0.25, -0.2) is 4.79 Å². The maximum absolute atomic E-state index is 13.1. The first-order valence-electron chi connectivity index (χ1n) is 12.4. The lowest BCUT2D eigenvalue weighted by Crippen LogP contribution is -2.52. The van der Waals surface area contributed by atoms with E-state index >= 15 is 0 Å². The number of imide groups is 1. The maximum Gasteiger partial charge on any atom is 0.325 e. The topological polar surface area (TPSA) is 82.2 Å². The van der Waals surface area contributed by atoms with Crippen LogP contribution in [0.25, 0.3) is 0 Å². The van der Waals surface area contributed by atoms with E-state index < -0.39 is 11.6 Å². The van der Waals surface area contributed by atoms with Crippen molar-refractivity contribution in [3.63, 3.8) is 0 Å². The lowest BCUT2D eigenvalue weighted by Gasteiger charge is -2.36. The summed E-state index contributed by atoms with van der Waals surface area (Å²) in [5, 5.41) is 2.92. The van der Waals surface area contributed by atoms with Crippen LogP contribution in [0.2, 0.25) is 0 Å². The summed E-state index contributed by atoms with van der Waals surface area (Å²) in [6.07, 6.45) is 5.32. The van der Waals surface area contributed by atoms with E-state index in [1.54, 1.807) is 4.90 Å². The molecule has 0 radical (unpaired) electrons. The molecule has 1 aromatic carbocycles. The van der Waals surface area contributed by atoms with Crippen LogP contribution < -0.4 is 10.1 Å². The molecule has 1 N–H and O–H groups in total. The first kappa shape index (κ1) is 22.2. The molecule has 4 amide bonds. The van der Waals surface area contributed by atoms with Gasteiger partial charge in [-0.05, 0) is 48.8 Å². The van der Waals surface area contributed by atoms with Crippen molar-refractivity contribution < 1.29 is 19.1 Å². The Hall–Kier alpha value is -2.61. The first-order chi connectivity index (χ1) is 16.0. The third-order valence-electron chi connectivity index (χ3n) is 7.96. The van der Waals surface area contributed by atoms with Gasteiger partial charge in [-0.2, -0.15) is 0 Å². The quantitative estimate of drug-likeness (QED) is 0.690. The molecule has 1 saturated carbocycles. The zero-order valence-corrected chi connectivity index (χ0v) is 19.5. The Balaban J connectivity index is 1.12. The molecule has 5 rings (SSSR count). The predicted molar refractivity (Wildman–Crippen MR) is 123 cm³/mol. The number of nitrogens with one attached hydrogen (secondary N) is 1. The van der Waals surface area contributed by atoms with Crippen molar-refractivity contribution >= 4 is 17.8 Å². The van der Waals surface area contributed by atoms with Gasteiger partial charge in [0, 0.05) is 39.1 Å². The van der Waals surface area contributed by atoms with E-state index in [1.165, 1.54) is 11.1 Å². The number of hydrogen-bond acceptors (Lipinski definition) is 5. The summed E-state index contributed by atoms with van der Waals surface area (Å²) in [5.74, 6) is 1.26. The molecule has 3 heterocycles. The van der Waals surface area contributed by atoms with E-state index in [4.69, 9.17) is 4.74 Å². The molecule has 8 heteroatoms. The highest BCUT2D eigenvalue weighted by atomic mass is 16.5. The van der Waals surface area contributed by atoms with Crippen molar-refractivity contribution in [3.8, 4) is 5.75 Å². The van der Waals surface area contributed by atoms with Crippen LogP contribution in [0.1, 0.15) is 50.2 Å². The van der Waals surface area contributed by atoms with Gasteiger partial charge in [0.1, 0.15) is 17.8 Å². The summed E-state index contributed by atoms with van der Waals surface area (Å²) in [4.78, 5) is 43.9. The first-order valence-corrected chi connectivity index (χ1v) is 12.4. The monoisotopic (exact) mass is 454 g/mol. The molecule has 3 fully saturated rings. The number of hydrogen-bond donors (Lipinski definition) is 1. The van der Waals surface area contributed by atoms with Gasteiger partial charge in [0.25, 0.3) is 5.91 Å². The van der Waals surface area contributed by atoms with Gasteiger partial charge in [0.05, 0.1) is 6.61 Å². The van der Waals surface area contributed by atoms with E-state index in [2.05, 4.69) is 35.3 Å². The second-order valence-corrected chi connectivity index (χ2v) is 9.95. The van der Waals surface area contributed by atoms with E-state index in [9.17, 15) is 14.4 Å². The average Bonchev–Trinajstić information content (AvgIpc) is 3.38. The number of carbonyl (C=O) groups is 3. The van der Waals surface area contributed by atoms with Gasteiger partial charge in [0.2, 0.25) is 5.91 Å². The molecule has 2 saturated heterocycles. The highest BCUT2D eigenvalue weighted by Gasteiger charge is 2.52. The van der Waals surface area contributed by atoms with Gasteiger partial charge >= 0.3 is 6.03 Å². The number of rotatable bonds is 5. The Morgan fingerprint density at radius 3 is 2.64 bits per heavy atom. The van der Waals surface area contributed by atoms with Crippen molar-refractivity contribution in [2.24, 2.45) is 5.92 Å². The van der Waals surface area contributed by atoms with Crippen molar-refractivity contribution in [1.29, 1.82) is 0 Å². The number of benzene rings is 1. The van der Waals surface area contributed by atoms with Gasteiger partial charge in [0.15, 0.2) is 0 Å². The van der Waals surface area contributed by atoms with Crippen LogP contribution in [0.5, 0.6) is 5.75 Å². The second-order valence-electron chi connectivity index (χ2n) is 9.95. The molecule has 0 bridgehead atoms. The molecular formula is C25H34N4O4. The Bertz CT molecular complexity index is 932. The zero-order chi connectivity index (χ0) is 23.0. The fourth-order valence-corrected chi connectivity index (χ4v) is 5.72. The second kappa shape index (κ2) is 8.97. The van der Waals surface area contributed by atoms with E-state index in [-0.39, 0.29) is 18.4 Å². The summed E-state index contributed by atoms with van der Waals surface area (Å²) < 4.78 is 5.59. The summed E-state index contributed by atoms with van der Waals surface area (Å²) in [7, 11) is 0. The standard InChI is InChI=1S/C25H34N4O4/c1-2-18-5-8-25(9-6-18)23(31)29(24(32)26-25)17-22(30)28-12-10-27(11-13-28)16-19-3-4-21-20(15-19)7-14-33-21/h3-4,15,18H,2,5-14,16-17H2,1H3,(H,26,32). The number of nitrogens with zero attached hydrogens (tertiary/aromatic N) is 3. The maximum atomic E-state index is 13.1. The lowest BCUT2D eigenvalue weighted by atomic mass is 9.75. The molecule has 0 atom stereocenters. The third-order valence-corrected chi connectivity index (χ3v) is 7.96. The number of fused-ring (bicyclic) bond motifs is 1. The highest BCUT2D eigenvalue weighted by molar-refractivity contribution is 6.09. The molecule has 3 aliphatic heterocycles. The van der Waals surface area contributed by atoms with Gasteiger partial charge in [-0.1, -0.05) is 25.5 Å². The van der Waals surface area contributed by atoms with Crippen molar-refractivity contribution in [2.75, 3.05) is 39.3 Å². The Morgan fingerprint density at radius 1 is 1.15 bits per heavy atom. The number of amides is 4. The molecule has 178 valence electrons. The normalized spacial score (nSPS) is 27.6. The number of urea groups is 1. The van der Waals surface area contributed by atoms with Crippen molar-refractivity contribution in [3.05, 3.63) is 29.3 Å². The van der Waals surface area contributed by atoms with Crippen molar-refractivity contribution in [2.45, 2.75) is 57.5 Å². The fraction of sp³-hybridized carbons (Fsp3) is 0.640. The predicted octanol–water partition coefficient (Wildman–Crippen LogP) is 2.16. The Morgan fingerprint density at radius 2 is 1.91 bits per heavy atom. The molecule has 1 aliphatic carbocycles. The number of ether oxygens (including phenoxy) is 1. The molecular weight excluding hydrogens is 420 g/mol. The van der Waals surface area contributed by atoms with Crippen LogP contribution in [0.4, 0.5) is 4.79 Å². The van der Waals surface area contributed by atoms with Crippen LogP contribution in [0, 0.1) is 5.92 Å². The molecule has 0 unspecified atom stereocenters. The molecule has 4 aliphatic rings. The Labute approximate surface area is 195 Å². The van der Waals surface area contributed by atoms with Gasteiger partial charge < -0.3 is 15.0 Å². The fourth-order valence-electron chi connectivity index (χ4n) is 5.72. The zero-order valence-electron chi connectivity index (χ0n) is 19.5. The summed E-state index contributed by atoms with van der Waals surface area (Å²) in [5.41, 5.74) is 1.75. The van der Waals surface area contributed by atoms with Crippen LogP contribution in [-0.2, 0) is 22.6 Å². The summed E-state index contributed by atoms with van der Waals surface area (Å²) >= 11 is 0. The minimum Gasteiger partial charge on any atom is -0.493 e. The minimum absolute atomic E-state index is 0.146. The highest BCUT2D eigenvalue weighted by Crippen LogP contribution is 2.37. The SMILES string of the molecule is CCC1CCC2(CC1)NC(=O)N(CC(=O)N1CCN(Cc3ccc4c(c3)CCO4)CC1)C2=O. The van der Waals surface area contributed by atoms with Crippen LogP contribution in [-0.4, -0.2) is 77.4 Å². The molecule has 1 spiro atoms. The van der Waals surface area contributed by atoms with Crippen molar-refractivity contribution in [1.82, 2.24) is 20.0 Å². The van der Waals surface area contributed by atoms with Crippen LogP contribution in [0.15, 0.2) is 18.2 Å². The van der Waals surface area contributed by atoms with E-state index in [0.717, 1.165) is 62.6 Å². The molecule has 0 aromatic heterocycles. The molecule has 1 aromatic rings. The number of carbonyl (C=O) groups excluding carboxylic acids is 3. The minimum atomic E-state index is -0.789. The van der Waals surface area contributed by atoms with Crippen LogP contribution in [0.3, 0.4) is 0 Å². The largest absolute Gasteiger partial charge is 0.493 e. The summed E-state index contributed by atoms with van der Waals surface area (Å²) in [6.45, 7) is 6.40. The van der Waals surface area contributed by atoms with E-state index in [1.807, 2.05) is 0 Å². The smallest absolute Gasteiger partial charge is 0.325 e. The van der Waals surface area contributed by atoms with Gasteiger partial charge in [-0.3, -0.25) is 19.4 Å². The third kappa shape index (κ3) is 4.33. The molecule has 8 nitrogen and oxygen atoms in total. The Kier molecular flexibility index (Phi) is 6.03. The summed E-state index contributed by atoms with van der Waals surface area (Å²) in [6, 6.07) is 5.98. The van der Waals surface area contributed by atoms with E-state index in [0.29, 0.717) is 31.8 Å². The molecule has 33 heavy (non-hydrogen) atoms. The lowest BCUT2D eigenvalue weighted by molar-refractivity contribution is -0.140. The van der Waals surface area contributed by atoms with Crippen LogP contribution >= 0.6 is 0 Å². The van der Waals surface area contributed by atoms with Gasteiger partial charge in [-0.15, -0.1) is 0 Å².